The van der Waals surface area contributed by atoms with E-state index in [-0.39, 0.29) is 5.92 Å². The number of ether oxygens (including phenoxy) is 1. The molecule has 0 spiro atoms. The molecule has 18 heavy (non-hydrogen) atoms. The molecule has 2 unspecified atom stereocenters. The van der Waals surface area contributed by atoms with Crippen LogP contribution in [-0.4, -0.2) is 22.8 Å². The van der Waals surface area contributed by atoms with Crippen LogP contribution < -0.4 is 4.74 Å². The van der Waals surface area contributed by atoms with E-state index < -0.39 is 6.10 Å². The summed E-state index contributed by atoms with van der Waals surface area (Å²) < 4.78 is 5.60. The first kappa shape index (κ1) is 11.2. The van der Waals surface area contributed by atoms with Crippen molar-refractivity contribution in [2.45, 2.75) is 18.4 Å². The molecule has 3 nitrogen and oxygen atoms in total. The number of hydrogen-bond donors (Lipinski definition) is 1. The van der Waals surface area contributed by atoms with Gasteiger partial charge in [-0.3, -0.25) is 4.98 Å². The number of aromatic nitrogens is 1. The minimum atomic E-state index is -0.420. The maximum atomic E-state index is 10.3. The Labute approximate surface area is 106 Å². The highest BCUT2D eigenvalue weighted by atomic mass is 16.5. The van der Waals surface area contributed by atoms with Crippen LogP contribution in [0.3, 0.4) is 0 Å². The molecule has 92 valence electrons. The predicted molar refractivity (Wildman–Crippen MR) is 68.6 cm³/mol. The van der Waals surface area contributed by atoms with Crippen LogP contribution in [0, 0.1) is 0 Å². The molecule has 0 radical (unpaired) electrons. The normalized spacial score (nSPS) is 19.1. The van der Waals surface area contributed by atoms with Crippen LogP contribution >= 0.6 is 0 Å². The summed E-state index contributed by atoms with van der Waals surface area (Å²) in [6.45, 7) is 0.561. The summed E-state index contributed by atoms with van der Waals surface area (Å²) in [6, 6.07) is 11.8. The lowest BCUT2D eigenvalue weighted by molar-refractivity contribution is 0.129. The van der Waals surface area contributed by atoms with Gasteiger partial charge in [0.1, 0.15) is 5.75 Å². The van der Waals surface area contributed by atoms with Crippen LogP contribution in [0.25, 0.3) is 0 Å². The molecule has 2 heterocycles. The second-order valence-corrected chi connectivity index (χ2v) is 4.58. The van der Waals surface area contributed by atoms with Gasteiger partial charge in [-0.25, -0.2) is 0 Å². The molecule has 3 heteroatoms. The van der Waals surface area contributed by atoms with E-state index in [2.05, 4.69) is 4.98 Å². The lowest BCUT2D eigenvalue weighted by Gasteiger charge is -2.17. The number of aliphatic hydroxyl groups is 1. The smallest absolute Gasteiger partial charge is 0.123 e. The van der Waals surface area contributed by atoms with Gasteiger partial charge >= 0.3 is 0 Å². The molecule has 1 aromatic carbocycles. The summed E-state index contributed by atoms with van der Waals surface area (Å²) >= 11 is 0. The third-order valence-corrected chi connectivity index (χ3v) is 3.40. The zero-order valence-corrected chi connectivity index (χ0v) is 9.99. The van der Waals surface area contributed by atoms with Crippen molar-refractivity contribution in [1.29, 1.82) is 0 Å². The highest BCUT2D eigenvalue weighted by Crippen LogP contribution is 2.36. The fourth-order valence-corrected chi connectivity index (χ4v) is 2.41. The summed E-state index contributed by atoms with van der Waals surface area (Å²) in [6.07, 6.45) is 3.71. The Kier molecular flexibility index (Phi) is 2.99. The number of fused-ring (bicyclic) bond motifs is 1. The zero-order valence-electron chi connectivity index (χ0n) is 9.99. The first-order valence-corrected chi connectivity index (χ1v) is 6.13. The first-order chi connectivity index (χ1) is 8.84. The molecular formula is C15H15NO2. The van der Waals surface area contributed by atoms with Gasteiger partial charge in [-0.05, 0) is 30.2 Å². The summed E-state index contributed by atoms with van der Waals surface area (Å²) in [7, 11) is 0. The molecule has 0 saturated carbocycles. The Bertz CT molecular complexity index is 527. The first-order valence-electron chi connectivity index (χ1n) is 6.13. The molecule has 0 amide bonds. The van der Waals surface area contributed by atoms with Crippen molar-refractivity contribution in [3.05, 3.63) is 59.9 Å². The summed E-state index contributed by atoms with van der Waals surface area (Å²) in [4.78, 5) is 3.98. The van der Waals surface area contributed by atoms with Gasteiger partial charge in [0.15, 0.2) is 0 Å². The van der Waals surface area contributed by atoms with Crippen molar-refractivity contribution in [3.63, 3.8) is 0 Å². The SMILES string of the molecule is OC(Cc1ccncc1)C1COc2ccccc21. The number of aliphatic hydroxyl groups excluding tert-OH is 1. The van der Waals surface area contributed by atoms with Crippen molar-refractivity contribution in [2.24, 2.45) is 0 Å². The van der Waals surface area contributed by atoms with Crippen LogP contribution in [0.5, 0.6) is 5.75 Å². The number of para-hydroxylation sites is 1. The fraction of sp³-hybridized carbons (Fsp3) is 0.267. The maximum Gasteiger partial charge on any atom is 0.123 e. The molecule has 1 aliphatic heterocycles. The number of nitrogens with zero attached hydrogens (tertiary/aromatic N) is 1. The van der Waals surface area contributed by atoms with E-state index >= 15 is 0 Å². The van der Waals surface area contributed by atoms with Crippen molar-refractivity contribution in [1.82, 2.24) is 4.98 Å². The molecule has 2 aromatic rings. The number of pyridine rings is 1. The Morgan fingerprint density at radius 2 is 2.00 bits per heavy atom. The standard InChI is InChI=1S/C15H15NO2/c17-14(9-11-5-7-16-8-6-11)13-10-18-15-4-2-1-3-12(13)15/h1-8,13-14,17H,9-10H2. The lowest BCUT2D eigenvalue weighted by Crippen LogP contribution is -2.22. The van der Waals surface area contributed by atoms with Gasteiger partial charge in [0.25, 0.3) is 0 Å². The molecule has 3 rings (SSSR count). The Morgan fingerprint density at radius 1 is 1.22 bits per heavy atom. The van der Waals surface area contributed by atoms with Crippen LogP contribution in [0.15, 0.2) is 48.8 Å². The average molecular weight is 241 g/mol. The molecule has 1 aromatic heterocycles. The van der Waals surface area contributed by atoms with Crippen LogP contribution in [0.4, 0.5) is 0 Å². The molecule has 0 aliphatic carbocycles. The van der Waals surface area contributed by atoms with E-state index in [1.54, 1.807) is 12.4 Å². The van der Waals surface area contributed by atoms with E-state index in [0.29, 0.717) is 13.0 Å². The van der Waals surface area contributed by atoms with E-state index in [4.69, 9.17) is 4.74 Å². The van der Waals surface area contributed by atoms with Gasteiger partial charge in [0.05, 0.1) is 12.7 Å². The third kappa shape index (κ3) is 2.09. The van der Waals surface area contributed by atoms with Crippen molar-refractivity contribution >= 4 is 0 Å². The maximum absolute atomic E-state index is 10.3. The highest BCUT2D eigenvalue weighted by Gasteiger charge is 2.29. The summed E-state index contributed by atoms with van der Waals surface area (Å²) in [5.41, 5.74) is 2.21. The second kappa shape index (κ2) is 4.78. The quantitative estimate of drug-likeness (QED) is 0.895. The van der Waals surface area contributed by atoms with Gasteiger partial charge in [0.2, 0.25) is 0 Å². The molecule has 1 N–H and O–H groups in total. The molecule has 0 saturated heterocycles. The summed E-state index contributed by atoms with van der Waals surface area (Å²) in [5.74, 6) is 0.964. The van der Waals surface area contributed by atoms with Gasteiger partial charge in [-0.15, -0.1) is 0 Å². The summed E-state index contributed by atoms with van der Waals surface area (Å²) in [5, 5.41) is 10.3. The topological polar surface area (TPSA) is 42.4 Å². The Hall–Kier alpha value is -1.87. The van der Waals surface area contributed by atoms with Crippen LogP contribution in [0.2, 0.25) is 0 Å². The van der Waals surface area contributed by atoms with E-state index in [0.717, 1.165) is 16.9 Å². The lowest BCUT2D eigenvalue weighted by atomic mass is 9.91. The van der Waals surface area contributed by atoms with Crippen molar-refractivity contribution in [3.8, 4) is 5.75 Å². The molecular weight excluding hydrogens is 226 g/mol. The van der Waals surface area contributed by atoms with Crippen molar-refractivity contribution in [2.75, 3.05) is 6.61 Å². The van der Waals surface area contributed by atoms with E-state index in [1.807, 2.05) is 36.4 Å². The van der Waals surface area contributed by atoms with Crippen LogP contribution in [0.1, 0.15) is 17.0 Å². The molecule has 0 fully saturated rings. The Balaban J connectivity index is 1.77. The molecule has 1 aliphatic rings. The predicted octanol–water partition coefficient (Wildman–Crippen LogP) is 2.16. The second-order valence-electron chi connectivity index (χ2n) is 4.58. The van der Waals surface area contributed by atoms with Gasteiger partial charge < -0.3 is 9.84 Å². The van der Waals surface area contributed by atoms with Crippen molar-refractivity contribution < 1.29 is 9.84 Å². The number of hydrogen-bond acceptors (Lipinski definition) is 3. The minimum Gasteiger partial charge on any atom is -0.493 e. The van der Waals surface area contributed by atoms with Crippen LogP contribution in [-0.2, 0) is 6.42 Å². The molecule has 0 bridgehead atoms. The Morgan fingerprint density at radius 3 is 2.83 bits per heavy atom. The van der Waals surface area contributed by atoms with E-state index in [9.17, 15) is 5.11 Å². The number of rotatable bonds is 3. The van der Waals surface area contributed by atoms with Gasteiger partial charge in [-0.1, -0.05) is 18.2 Å². The largest absolute Gasteiger partial charge is 0.493 e. The van der Waals surface area contributed by atoms with Gasteiger partial charge in [0, 0.05) is 23.9 Å². The highest BCUT2D eigenvalue weighted by molar-refractivity contribution is 5.40. The number of benzene rings is 1. The average Bonchev–Trinajstić information content (AvgIpc) is 2.84. The monoisotopic (exact) mass is 241 g/mol. The third-order valence-electron chi connectivity index (χ3n) is 3.40. The fourth-order valence-electron chi connectivity index (χ4n) is 2.41. The van der Waals surface area contributed by atoms with Gasteiger partial charge in [-0.2, -0.15) is 0 Å². The zero-order chi connectivity index (χ0) is 12.4. The minimum absolute atomic E-state index is 0.0642. The van der Waals surface area contributed by atoms with E-state index in [1.165, 1.54) is 0 Å². The molecule has 2 atom stereocenters.